The maximum absolute atomic E-state index is 12.6. The Morgan fingerprint density at radius 1 is 1.20 bits per heavy atom. The summed E-state index contributed by atoms with van der Waals surface area (Å²) in [7, 11) is -2.06. The highest BCUT2D eigenvalue weighted by atomic mass is 32.2. The van der Waals surface area contributed by atoms with Crippen LogP contribution in [0.4, 0.5) is 0 Å². The van der Waals surface area contributed by atoms with Crippen molar-refractivity contribution in [2.75, 3.05) is 7.11 Å². The molecule has 0 spiro atoms. The quantitative estimate of drug-likeness (QED) is 0.716. The Morgan fingerprint density at radius 2 is 2.04 bits per heavy atom. The number of aryl methyl sites for hydroxylation is 1. The highest BCUT2D eigenvalue weighted by Gasteiger charge is 2.16. The van der Waals surface area contributed by atoms with Crippen LogP contribution in [-0.4, -0.2) is 20.5 Å². The van der Waals surface area contributed by atoms with Gasteiger partial charge in [0, 0.05) is 12.7 Å². The van der Waals surface area contributed by atoms with Crippen LogP contribution in [-0.2, 0) is 16.6 Å². The van der Waals surface area contributed by atoms with Crippen LogP contribution in [0.5, 0.6) is 5.75 Å². The van der Waals surface area contributed by atoms with Gasteiger partial charge in [0.25, 0.3) is 0 Å². The van der Waals surface area contributed by atoms with Crippen LogP contribution < -0.4 is 9.46 Å². The Labute approximate surface area is 151 Å². The summed E-state index contributed by atoms with van der Waals surface area (Å²) in [5, 5.41) is 1.97. The van der Waals surface area contributed by atoms with Crippen molar-refractivity contribution in [3.05, 3.63) is 65.2 Å². The minimum Gasteiger partial charge on any atom is -0.496 e. The number of sulfonamides is 1. The van der Waals surface area contributed by atoms with Crippen LogP contribution in [0.25, 0.3) is 10.6 Å². The predicted octanol–water partition coefficient (Wildman–Crippen LogP) is 3.61. The van der Waals surface area contributed by atoms with Gasteiger partial charge in [0.2, 0.25) is 10.0 Å². The van der Waals surface area contributed by atoms with Gasteiger partial charge in [0.1, 0.15) is 5.75 Å². The molecule has 3 rings (SSSR count). The predicted molar refractivity (Wildman–Crippen MR) is 99.3 cm³/mol. The first-order chi connectivity index (χ1) is 12.0. The molecule has 0 saturated carbocycles. The fraction of sp³-hybridized carbons (Fsp3) is 0.167. The van der Waals surface area contributed by atoms with Crippen LogP contribution >= 0.6 is 11.3 Å². The Hall–Kier alpha value is -2.22. The normalized spacial score (nSPS) is 11.4. The molecular weight excluding hydrogens is 356 g/mol. The van der Waals surface area contributed by atoms with Gasteiger partial charge in [-0.15, -0.1) is 11.3 Å². The van der Waals surface area contributed by atoms with Gasteiger partial charge in [0.05, 0.1) is 22.6 Å². The molecule has 3 aromatic rings. The van der Waals surface area contributed by atoms with E-state index in [2.05, 4.69) is 9.71 Å². The molecule has 0 aliphatic heterocycles. The van der Waals surface area contributed by atoms with E-state index in [1.807, 2.05) is 30.5 Å². The summed E-state index contributed by atoms with van der Waals surface area (Å²) in [6, 6.07) is 12.4. The van der Waals surface area contributed by atoms with E-state index in [4.69, 9.17) is 4.74 Å². The number of hydrogen-bond acceptors (Lipinski definition) is 5. The molecular formula is C18H18N2O3S2. The number of pyridine rings is 1. The number of aromatic nitrogens is 1. The summed E-state index contributed by atoms with van der Waals surface area (Å²) < 4.78 is 33.0. The monoisotopic (exact) mass is 374 g/mol. The molecule has 2 heterocycles. The van der Waals surface area contributed by atoms with Gasteiger partial charge in [-0.25, -0.2) is 13.1 Å². The van der Waals surface area contributed by atoms with E-state index < -0.39 is 10.0 Å². The molecule has 1 aromatic carbocycles. The van der Waals surface area contributed by atoms with Gasteiger partial charge < -0.3 is 4.74 Å². The van der Waals surface area contributed by atoms with E-state index in [1.165, 1.54) is 6.07 Å². The fourth-order valence-corrected chi connectivity index (χ4v) is 4.34. The number of hydrogen-bond donors (Lipinski definition) is 1. The molecule has 0 aliphatic carbocycles. The molecule has 7 heteroatoms. The van der Waals surface area contributed by atoms with Crippen LogP contribution in [0.3, 0.4) is 0 Å². The maximum atomic E-state index is 12.6. The molecule has 2 aromatic heterocycles. The second-order valence-corrected chi connectivity index (χ2v) is 8.16. The van der Waals surface area contributed by atoms with Gasteiger partial charge in [-0.05, 0) is 53.8 Å². The lowest BCUT2D eigenvalue weighted by Crippen LogP contribution is -2.23. The van der Waals surface area contributed by atoms with Gasteiger partial charge in [0.15, 0.2) is 0 Å². The van der Waals surface area contributed by atoms with Crippen molar-refractivity contribution in [2.24, 2.45) is 0 Å². The van der Waals surface area contributed by atoms with Crippen molar-refractivity contribution in [3.8, 4) is 16.3 Å². The largest absolute Gasteiger partial charge is 0.496 e. The van der Waals surface area contributed by atoms with E-state index in [-0.39, 0.29) is 11.4 Å². The Kier molecular flexibility index (Phi) is 5.17. The zero-order valence-corrected chi connectivity index (χ0v) is 15.5. The molecule has 0 aliphatic rings. The van der Waals surface area contributed by atoms with Crippen molar-refractivity contribution in [1.82, 2.24) is 9.71 Å². The molecule has 1 N–H and O–H groups in total. The molecule has 5 nitrogen and oxygen atoms in total. The highest BCUT2D eigenvalue weighted by molar-refractivity contribution is 7.89. The lowest BCUT2D eigenvalue weighted by Gasteiger charge is -2.11. The van der Waals surface area contributed by atoms with Crippen LogP contribution in [0.2, 0.25) is 0 Å². The van der Waals surface area contributed by atoms with E-state index in [9.17, 15) is 8.42 Å². The van der Waals surface area contributed by atoms with Crippen molar-refractivity contribution < 1.29 is 13.2 Å². The average Bonchev–Trinajstić information content (AvgIpc) is 3.14. The Balaban J connectivity index is 1.83. The summed E-state index contributed by atoms with van der Waals surface area (Å²) in [5.74, 6) is 0.659. The average molecular weight is 374 g/mol. The SMILES string of the molecule is COc1ccc(S(=O)(=O)NCc2cccnc2-c2cccs2)cc1C. The standard InChI is InChI=1S/C18H18N2O3S2/c1-13-11-15(7-8-16(13)23-2)25(21,22)20-12-14-5-3-9-19-18(14)17-6-4-10-24-17/h3-11,20H,12H2,1-2H3. The number of methoxy groups -OCH3 is 1. The topological polar surface area (TPSA) is 68.3 Å². The Morgan fingerprint density at radius 3 is 2.72 bits per heavy atom. The van der Waals surface area contributed by atoms with Crippen molar-refractivity contribution in [1.29, 1.82) is 0 Å². The minimum absolute atomic E-state index is 0.175. The summed E-state index contributed by atoms with van der Waals surface area (Å²) in [6.07, 6.45) is 1.71. The van der Waals surface area contributed by atoms with Crippen LogP contribution in [0.15, 0.2) is 58.9 Å². The summed E-state index contributed by atoms with van der Waals surface area (Å²) >= 11 is 1.57. The molecule has 0 fully saturated rings. The van der Waals surface area contributed by atoms with Gasteiger partial charge in [-0.3, -0.25) is 4.98 Å². The molecule has 0 bridgehead atoms. The first kappa shape index (κ1) is 17.6. The van der Waals surface area contributed by atoms with E-state index in [1.54, 1.807) is 42.8 Å². The number of benzene rings is 1. The fourth-order valence-electron chi connectivity index (χ4n) is 2.49. The van der Waals surface area contributed by atoms with Crippen molar-refractivity contribution in [3.63, 3.8) is 0 Å². The third kappa shape index (κ3) is 3.89. The van der Waals surface area contributed by atoms with E-state index in [0.29, 0.717) is 5.75 Å². The van der Waals surface area contributed by atoms with Crippen LogP contribution in [0, 0.1) is 6.92 Å². The number of ether oxygens (including phenoxy) is 1. The molecule has 0 radical (unpaired) electrons. The summed E-state index contributed by atoms with van der Waals surface area (Å²) in [4.78, 5) is 5.61. The zero-order valence-electron chi connectivity index (χ0n) is 13.9. The summed E-state index contributed by atoms with van der Waals surface area (Å²) in [6.45, 7) is 1.99. The Bertz CT molecular complexity index is 968. The third-order valence-electron chi connectivity index (χ3n) is 3.78. The van der Waals surface area contributed by atoms with Crippen molar-refractivity contribution in [2.45, 2.75) is 18.4 Å². The van der Waals surface area contributed by atoms with Gasteiger partial charge >= 0.3 is 0 Å². The third-order valence-corrected chi connectivity index (χ3v) is 6.05. The lowest BCUT2D eigenvalue weighted by atomic mass is 10.2. The number of rotatable bonds is 6. The van der Waals surface area contributed by atoms with E-state index in [0.717, 1.165) is 21.7 Å². The van der Waals surface area contributed by atoms with Gasteiger partial charge in [-0.1, -0.05) is 12.1 Å². The minimum atomic E-state index is -3.62. The maximum Gasteiger partial charge on any atom is 0.240 e. The molecule has 0 atom stereocenters. The number of nitrogens with one attached hydrogen (secondary N) is 1. The van der Waals surface area contributed by atoms with Crippen LogP contribution in [0.1, 0.15) is 11.1 Å². The number of thiophene rings is 1. The molecule has 25 heavy (non-hydrogen) atoms. The number of nitrogens with zero attached hydrogens (tertiary/aromatic N) is 1. The molecule has 130 valence electrons. The smallest absolute Gasteiger partial charge is 0.240 e. The van der Waals surface area contributed by atoms with Crippen molar-refractivity contribution >= 4 is 21.4 Å². The molecule has 0 amide bonds. The second-order valence-electron chi connectivity index (χ2n) is 5.44. The lowest BCUT2D eigenvalue weighted by molar-refractivity contribution is 0.411. The molecule has 0 saturated heterocycles. The molecule has 0 unspecified atom stereocenters. The zero-order chi connectivity index (χ0) is 17.9. The highest BCUT2D eigenvalue weighted by Crippen LogP contribution is 2.26. The first-order valence-electron chi connectivity index (χ1n) is 7.63. The first-order valence-corrected chi connectivity index (χ1v) is 9.99. The van der Waals surface area contributed by atoms with E-state index >= 15 is 0 Å². The van der Waals surface area contributed by atoms with Gasteiger partial charge in [-0.2, -0.15) is 0 Å². The summed E-state index contributed by atoms with van der Waals surface area (Å²) in [5.41, 5.74) is 2.40. The second kappa shape index (κ2) is 7.35.